The van der Waals surface area contributed by atoms with Crippen molar-refractivity contribution in [1.82, 2.24) is 15.1 Å². The lowest BCUT2D eigenvalue weighted by atomic mass is 10.0. The van der Waals surface area contributed by atoms with Gasteiger partial charge in [0.1, 0.15) is 0 Å². The lowest BCUT2D eigenvalue weighted by Gasteiger charge is -2.34. The van der Waals surface area contributed by atoms with Crippen LogP contribution in [0, 0.1) is 5.92 Å². The van der Waals surface area contributed by atoms with E-state index in [1.54, 1.807) is 0 Å². The molecule has 3 aliphatic heterocycles. The molecule has 0 saturated carbocycles. The van der Waals surface area contributed by atoms with Crippen LogP contribution < -0.4 is 5.32 Å². The van der Waals surface area contributed by atoms with Gasteiger partial charge in [-0.05, 0) is 38.0 Å². The second-order valence-corrected chi connectivity index (χ2v) is 6.74. The van der Waals surface area contributed by atoms with Crippen LogP contribution in [-0.2, 0) is 9.53 Å². The van der Waals surface area contributed by atoms with Crippen LogP contribution >= 0.6 is 0 Å². The van der Waals surface area contributed by atoms with Crippen molar-refractivity contribution in [3.63, 3.8) is 0 Å². The summed E-state index contributed by atoms with van der Waals surface area (Å²) in [7, 11) is 0. The van der Waals surface area contributed by atoms with Crippen molar-refractivity contribution in [2.45, 2.75) is 44.6 Å². The number of rotatable bonds is 3. The molecule has 6 heteroatoms. The van der Waals surface area contributed by atoms with Crippen molar-refractivity contribution in [3.8, 4) is 0 Å². The Morgan fingerprint density at radius 2 is 1.68 bits per heavy atom. The summed E-state index contributed by atoms with van der Waals surface area (Å²) in [4.78, 5) is 28.2. The number of urea groups is 1. The lowest BCUT2D eigenvalue weighted by Crippen LogP contribution is -2.50. The minimum absolute atomic E-state index is 0.139. The molecule has 1 atom stereocenters. The van der Waals surface area contributed by atoms with Gasteiger partial charge in [0.2, 0.25) is 5.91 Å². The van der Waals surface area contributed by atoms with Crippen LogP contribution in [0.2, 0.25) is 0 Å². The van der Waals surface area contributed by atoms with Crippen molar-refractivity contribution in [3.05, 3.63) is 0 Å². The van der Waals surface area contributed by atoms with Crippen LogP contribution in [0.1, 0.15) is 38.5 Å². The first-order chi connectivity index (χ1) is 10.7. The van der Waals surface area contributed by atoms with E-state index in [0.717, 1.165) is 71.5 Å². The summed E-state index contributed by atoms with van der Waals surface area (Å²) in [5, 5.41) is 3.13. The van der Waals surface area contributed by atoms with E-state index in [2.05, 4.69) is 5.32 Å². The number of carbonyl (C=O) groups excluding carboxylic acids is 2. The number of hydrogen-bond acceptors (Lipinski definition) is 3. The minimum Gasteiger partial charge on any atom is -0.381 e. The van der Waals surface area contributed by atoms with E-state index in [-0.39, 0.29) is 18.0 Å². The van der Waals surface area contributed by atoms with Crippen molar-refractivity contribution < 1.29 is 14.3 Å². The number of piperidine rings is 1. The Morgan fingerprint density at radius 3 is 2.32 bits per heavy atom. The first-order valence-corrected chi connectivity index (χ1v) is 8.63. The fourth-order valence-electron chi connectivity index (χ4n) is 3.62. The Bertz CT molecular complexity index is 395. The van der Waals surface area contributed by atoms with Crippen molar-refractivity contribution in [2.75, 3.05) is 39.4 Å². The molecule has 1 unspecified atom stereocenters. The summed E-state index contributed by atoms with van der Waals surface area (Å²) in [5.74, 6) is 0.525. The van der Waals surface area contributed by atoms with E-state index in [9.17, 15) is 9.59 Å². The third-order valence-corrected chi connectivity index (χ3v) is 5.01. The molecule has 3 heterocycles. The second-order valence-electron chi connectivity index (χ2n) is 6.74. The van der Waals surface area contributed by atoms with Gasteiger partial charge in [-0.25, -0.2) is 4.79 Å². The molecule has 0 radical (unpaired) electrons. The average Bonchev–Trinajstić information content (AvgIpc) is 3.20. The summed E-state index contributed by atoms with van der Waals surface area (Å²) in [6.07, 6.45) is 5.56. The largest absolute Gasteiger partial charge is 0.381 e. The van der Waals surface area contributed by atoms with Gasteiger partial charge in [0.25, 0.3) is 0 Å². The zero-order valence-corrected chi connectivity index (χ0v) is 13.3. The molecule has 1 N–H and O–H groups in total. The first kappa shape index (κ1) is 15.6. The SMILES string of the molecule is O=C(CC1CCOC1)NC1CCN(C(=O)N2CCCC2)CC1. The Hall–Kier alpha value is -1.30. The van der Waals surface area contributed by atoms with Crippen LogP contribution in [0.25, 0.3) is 0 Å². The molecule has 3 saturated heterocycles. The number of ether oxygens (including phenoxy) is 1. The zero-order chi connectivity index (χ0) is 15.4. The van der Waals surface area contributed by atoms with Gasteiger partial charge in [-0.2, -0.15) is 0 Å². The fourth-order valence-corrected chi connectivity index (χ4v) is 3.62. The van der Waals surface area contributed by atoms with Gasteiger partial charge < -0.3 is 19.9 Å². The smallest absolute Gasteiger partial charge is 0.319 e. The van der Waals surface area contributed by atoms with Crippen LogP contribution in [-0.4, -0.2) is 67.2 Å². The number of hydrogen-bond donors (Lipinski definition) is 1. The molecule has 0 aromatic carbocycles. The number of likely N-dealkylation sites (tertiary alicyclic amines) is 2. The molecule has 0 spiro atoms. The monoisotopic (exact) mass is 309 g/mol. The highest BCUT2D eigenvalue weighted by Gasteiger charge is 2.28. The summed E-state index contributed by atoms with van der Waals surface area (Å²) in [6.45, 7) is 4.82. The maximum Gasteiger partial charge on any atom is 0.319 e. The molecule has 0 aromatic heterocycles. The maximum absolute atomic E-state index is 12.3. The Labute approximate surface area is 132 Å². The molecular weight excluding hydrogens is 282 g/mol. The molecule has 3 aliphatic rings. The molecule has 0 aliphatic carbocycles. The Kier molecular flexibility index (Phi) is 5.18. The van der Waals surface area contributed by atoms with Crippen LogP contribution in [0.4, 0.5) is 4.79 Å². The standard InChI is InChI=1S/C16H27N3O3/c20-15(11-13-5-10-22-12-13)17-14-3-8-19(9-4-14)16(21)18-6-1-2-7-18/h13-14H,1-12H2,(H,17,20). The third kappa shape index (κ3) is 3.91. The Morgan fingerprint density at radius 1 is 1.00 bits per heavy atom. The average molecular weight is 309 g/mol. The highest BCUT2D eigenvalue weighted by atomic mass is 16.5. The first-order valence-electron chi connectivity index (χ1n) is 8.63. The minimum atomic E-state index is 0.139. The van der Waals surface area contributed by atoms with Gasteiger partial charge in [-0.1, -0.05) is 0 Å². The number of carbonyl (C=O) groups is 2. The van der Waals surface area contributed by atoms with Crippen LogP contribution in [0.3, 0.4) is 0 Å². The Balaban J connectivity index is 1.37. The van der Waals surface area contributed by atoms with E-state index in [1.165, 1.54) is 0 Å². The predicted octanol–water partition coefficient (Wildman–Crippen LogP) is 1.21. The third-order valence-electron chi connectivity index (χ3n) is 5.01. The van der Waals surface area contributed by atoms with Crippen molar-refractivity contribution in [1.29, 1.82) is 0 Å². The maximum atomic E-state index is 12.3. The highest BCUT2D eigenvalue weighted by molar-refractivity contribution is 5.77. The molecular formula is C16H27N3O3. The van der Waals surface area contributed by atoms with Crippen LogP contribution in [0.5, 0.6) is 0 Å². The van der Waals surface area contributed by atoms with Gasteiger partial charge in [-0.3, -0.25) is 4.79 Å². The van der Waals surface area contributed by atoms with Gasteiger partial charge in [0.15, 0.2) is 0 Å². The molecule has 0 aromatic rings. The molecule has 3 amide bonds. The number of amides is 3. The van der Waals surface area contributed by atoms with E-state index in [0.29, 0.717) is 12.3 Å². The van der Waals surface area contributed by atoms with Crippen molar-refractivity contribution in [2.24, 2.45) is 5.92 Å². The van der Waals surface area contributed by atoms with E-state index < -0.39 is 0 Å². The quantitative estimate of drug-likeness (QED) is 0.852. The molecule has 3 rings (SSSR count). The summed E-state index contributed by atoms with van der Waals surface area (Å²) < 4.78 is 5.31. The predicted molar refractivity (Wildman–Crippen MR) is 82.5 cm³/mol. The molecule has 124 valence electrons. The van der Waals surface area contributed by atoms with Crippen molar-refractivity contribution >= 4 is 11.9 Å². The summed E-state index contributed by atoms with van der Waals surface area (Å²) >= 11 is 0. The van der Waals surface area contributed by atoms with Gasteiger partial charge in [0, 0.05) is 51.9 Å². The second kappa shape index (κ2) is 7.31. The summed E-state index contributed by atoms with van der Waals surface area (Å²) in [6, 6.07) is 0.405. The highest BCUT2D eigenvalue weighted by Crippen LogP contribution is 2.18. The molecule has 0 bridgehead atoms. The van der Waals surface area contributed by atoms with E-state index in [4.69, 9.17) is 4.74 Å². The fraction of sp³-hybridized carbons (Fsp3) is 0.875. The van der Waals surface area contributed by atoms with Gasteiger partial charge >= 0.3 is 6.03 Å². The molecule has 6 nitrogen and oxygen atoms in total. The normalized spacial score (nSPS) is 26.5. The van der Waals surface area contributed by atoms with Gasteiger partial charge in [-0.15, -0.1) is 0 Å². The molecule has 3 fully saturated rings. The number of nitrogens with zero attached hydrogens (tertiary/aromatic N) is 2. The zero-order valence-electron chi connectivity index (χ0n) is 13.3. The van der Waals surface area contributed by atoms with Gasteiger partial charge in [0.05, 0.1) is 0 Å². The molecule has 22 heavy (non-hydrogen) atoms. The van der Waals surface area contributed by atoms with Crippen LogP contribution in [0.15, 0.2) is 0 Å². The van der Waals surface area contributed by atoms with E-state index in [1.807, 2.05) is 9.80 Å². The summed E-state index contributed by atoms with van der Waals surface area (Å²) in [5.41, 5.74) is 0. The topological polar surface area (TPSA) is 61.9 Å². The lowest BCUT2D eigenvalue weighted by molar-refractivity contribution is -0.123. The number of nitrogens with one attached hydrogen (secondary N) is 1. The van der Waals surface area contributed by atoms with E-state index >= 15 is 0 Å².